The van der Waals surface area contributed by atoms with Crippen LogP contribution in [-0.4, -0.2) is 48.6 Å². The zero-order valence-corrected chi connectivity index (χ0v) is 21.2. The maximum Gasteiger partial charge on any atom is 0.319 e. The highest BCUT2D eigenvalue weighted by atomic mass is 19.1. The average molecular weight is 517 g/mol. The Morgan fingerprint density at radius 2 is 1.79 bits per heavy atom. The highest BCUT2D eigenvalue weighted by Gasteiger charge is 2.30. The fourth-order valence-corrected chi connectivity index (χ4v) is 4.90. The molecule has 0 spiro atoms. The second-order valence-corrected chi connectivity index (χ2v) is 9.21. The van der Waals surface area contributed by atoms with E-state index in [4.69, 9.17) is 9.47 Å². The van der Waals surface area contributed by atoms with Gasteiger partial charge in [-0.25, -0.2) is 9.18 Å². The molecule has 3 N–H and O–H groups in total. The number of ether oxygens (including phenoxy) is 2. The van der Waals surface area contributed by atoms with Crippen LogP contribution in [0.3, 0.4) is 0 Å². The van der Waals surface area contributed by atoms with Crippen molar-refractivity contribution in [3.8, 4) is 11.5 Å². The first kappa shape index (κ1) is 25.1. The number of rotatable bonds is 7. The average Bonchev–Trinajstić information content (AvgIpc) is 3.33. The van der Waals surface area contributed by atoms with Crippen LogP contribution in [0.5, 0.6) is 11.5 Å². The lowest BCUT2D eigenvalue weighted by atomic mass is 9.97. The number of carbonyl (C=O) groups is 2. The summed E-state index contributed by atoms with van der Waals surface area (Å²) in [4.78, 5) is 31.7. The number of hydrogen-bond donors (Lipinski definition) is 3. The molecule has 0 radical (unpaired) electrons. The summed E-state index contributed by atoms with van der Waals surface area (Å²) in [6.07, 6.45) is 2.80. The summed E-state index contributed by atoms with van der Waals surface area (Å²) >= 11 is 0. The number of carbonyl (C=O) groups excluding carboxylic acids is 2. The van der Waals surface area contributed by atoms with Crippen LogP contribution in [0, 0.1) is 5.82 Å². The highest BCUT2D eigenvalue weighted by molar-refractivity contribution is 5.94. The third kappa shape index (κ3) is 5.27. The van der Waals surface area contributed by atoms with Crippen LogP contribution in [0.4, 0.5) is 14.9 Å². The molecular weight excluding hydrogens is 487 g/mol. The largest absolute Gasteiger partial charge is 0.493 e. The van der Waals surface area contributed by atoms with Gasteiger partial charge in [-0.1, -0.05) is 24.3 Å². The number of methoxy groups -OCH3 is 2. The van der Waals surface area contributed by atoms with E-state index in [1.807, 2.05) is 42.6 Å². The first-order valence-corrected chi connectivity index (χ1v) is 12.4. The molecule has 38 heavy (non-hydrogen) atoms. The first-order valence-electron chi connectivity index (χ1n) is 12.4. The molecule has 2 heterocycles. The molecule has 1 aliphatic rings. The van der Waals surface area contributed by atoms with Crippen LogP contribution in [0.1, 0.15) is 16.7 Å². The molecule has 0 saturated heterocycles. The number of hydrogen-bond acceptors (Lipinski definition) is 4. The minimum Gasteiger partial charge on any atom is -0.493 e. The monoisotopic (exact) mass is 516 g/mol. The Morgan fingerprint density at radius 1 is 1.03 bits per heavy atom. The van der Waals surface area contributed by atoms with Crippen LogP contribution < -0.4 is 20.1 Å². The molecule has 0 saturated carbocycles. The summed E-state index contributed by atoms with van der Waals surface area (Å²) in [5.74, 6) is 0.584. The molecule has 9 heteroatoms. The van der Waals surface area contributed by atoms with Crippen LogP contribution in [0.25, 0.3) is 10.9 Å². The van der Waals surface area contributed by atoms with Gasteiger partial charge in [-0.3, -0.25) is 4.79 Å². The van der Waals surface area contributed by atoms with Crippen LogP contribution in [0.2, 0.25) is 0 Å². The molecule has 1 aromatic heterocycles. The molecule has 196 valence electrons. The van der Waals surface area contributed by atoms with E-state index in [2.05, 4.69) is 15.6 Å². The third-order valence-corrected chi connectivity index (χ3v) is 6.81. The molecule has 1 aliphatic heterocycles. The Hall–Kier alpha value is -4.53. The normalized spacial score (nSPS) is 13.5. The van der Waals surface area contributed by atoms with E-state index >= 15 is 0 Å². The smallest absolute Gasteiger partial charge is 0.319 e. The number of halogens is 1. The standard InChI is InChI=1S/C29H29FN4O4/c1-37-26-13-18-10-11-34(17-20(18)14-27(26)38-2)28(35)25(12-19-16-31-24-9-4-3-8-23(19)24)33-29(36)32-22-7-5-6-21(30)15-22/h3-9,13-16,25,31H,10-12,17H2,1-2H3,(H2,32,33,36). The van der Waals surface area contributed by atoms with Gasteiger partial charge in [0.1, 0.15) is 11.9 Å². The lowest BCUT2D eigenvalue weighted by Gasteiger charge is -2.32. The van der Waals surface area contributed by atoms with E-state index in [-0.39, 0.29) is 12.3 Å². The quantitative estimate of drug-likeness (QED) is 0.334. The van der Waals surface area contributed by atoms with Crippen molar-refractivity contribution in [1.29, 1.82) is 0 Å². The highest BCUT2D eigenvalue weighted by Crippen LogP contribution is 2.33. The molecule has 3 aromatic carbocycles. The predicted molar refractivity (Wildman–Crippen MR) is 143 cm³/mol. The molecule has 3 amide bonds. The number of nitrogens with zero attached hydrogens (tertiary/aromatic N) is 1. The second-order valence-electron chi connectivity index (χ2n) is 9.21. The summed E-state index contributed by atoms with van der Waals surface area (Å²) in [6.45, 7) is 0.880. The molecular formula is C29H29FN4O4. The lowest BCUT2D eigenvalue weighted by molar-refractivity contribution is -0.134. The number of benzene rings is 3. The van der Waals surface area contributed by atoms with Crippen molar-refractivity contribution >= 4 is 28.5 Å². The van der Waals surface area contributed by atoms with E-state index in [1.54, 1.807) is 25.2 Å². The number of H-pyrrole nitrogens is 1. The van der Waals surface area contributed by atoms with Crippen molar-refractivity contribution in [2.75, 3.05) is 26.1 Å². The van der Waals surface area contributed by atoms with Gasteiger partial charge in [-0.05, 0) is 59.5 Å². The fourth-order valence-electron chi connectivity index (χ4n) is 4.90. The second kappa shape index (κ2) is 10.8. The number of aromatic nitrogens is 1. The first-order chi connectivity index (χ1) is 18.4. The summed E-state index contributed by atoms with van der Waals surface area (Å²) in [5.41, 5.74) is 4.22. The SMILES string of the molecule is COc1cc2c(cc1OC)CN(C(=O)C(Cc1c[nH]c3ccccc13)NC(=O)Nc1cccc(F)c1)CC2. The number of nitrogens with one attached hydrogen (secondary N) is 3. The number of aromatic amines is 1. The van der Waals surface area contributed by atoms with E-state index in [0.29, 0.717) is 36.7 Å². The Morgan fingerprint density at radius 3 is 2.55 bits per heavy atom. The molecule has 0 aliphatic carbocycles. The number of amides is 3. The number of para-hydroxylation sites is 1. The summed E-state index contributed by atoms with van der Waals surface area (Å²) in [5, 5.41) is 6.44. The van der Waals surface area contributed by atoms with Crippen molar-refractivity contribution in [2.24, 2.45) is 0 Å². The molecule has 1 atom stereocenters. The molecule has 0 fully saturated rings. The van der Waals surface area contributed by atoms with Gasteiger partial charge in [0.15, 0.2) is 11.5 Å². The van der Waals surface area contributed by atoms with Crippen molar-refractivity contribution in [2.45, 2.75) is 25.4 Å². The molecule has 8 nitrogen and oxygen atoms in total. The minimum absolute atomic E-state index is 0.204. The minimum atomic E-state index is -0.843. The molecule has 4 aromatic rings. The Balaban J connectivity index is 1.39. The maximum absolute atomic E-state index is 13.8. The van der Waals surface area contributed by atoms with Crippen LogP contribution in [-0.2, 0) is 24.2 Å². The van der Waals surface area contributed by atoms with Crippen LogP contribution >= 0.6 is 0 Å². The van der Waals surface area contributed by atoms with Crippen molar-refractivity contribution < 1.29 is 23.5 Å². The Labute approximate surface area is 219 Å². The molecule has 5 rings (SSSR count). The van der Waals surface area contributed by atoms with Gasteiger partial charge >= 0.3 is 6.03 Å². The van der Waals surface area contributed by atoms with Gasteiger partial charge in [0.05, 0.1) is 14.2 Å². The van der Waals surface area contributed by atoms with E-state index in [0.717, 1.165) is 27.6 Å². The van der Waals surface area contributed by atoms with Gasteiger partial charge in [0.25, 0.3) is 0 Å². The van der Waals surface area contributed by atoms with Crippen molar-refractivity contribution in [3.05, 3.63) is 89.4 Å². The van der Waals surface area contributed by atoms with E-state index < -0.39 is 17.9 Å². The lowest BCUT2D eigenvalue weighted by Crippen LogP contribution is -2.51. The van der Waals surface area contributed by atoms with E-state index in [1.165, 1.54) is 18.2 Å². The van der Waals surface area contributed by atoms with Crippen LogP contribution in [0.15, 0.2) is 66.9 Å². The zero-order chi connectivity index (χ0) is 26.6. The number of urea groups is 1. The summed E-state index contributed by atoms with van der Waals surface area (Å²) < 4.78 is 24.5. The topological polar surface area (TPSA) is 95.7 Å². The van der Waals surface area contributed by atoms with Gasteiger partial charge in [0.2, 0.25) is 5.91 Å². The Kier molecular flexibility index (Phi) is 7.17. The van der Waals surface area contributed by atoms with Crippen molar-refractivity contribution in [3.63, 3.8) is 0 Å². The van der Waals surface area contributed by atoms with Gasteiger partial charge < -0.3 is 30.0 Å². The number of anilines is 1. The molecule has 0 bridgehead atoms. The van der Waals surface area contributed by atoms with Gasteiger partial charge in [-0.15, -0.1) is 0 Å². The van der Waals surface area contributed by atoms with Gasteiger partial charge in [-0.2, -0.15) is 0 Å². The zero-order valence-electron chi connectivity index (χ0n) is 21.2. The fraction of sp³-hybridized carbons (Fsp3) is 0.241. The van der Waals surface area contributed by atoms with Gasteiger partial charge in [0, 0.05) is 42.3 Å². The third-order valence-electron chi connectivity index (χ3n) is 6.81. The van der Waals surface area contributed by atoms with E-state index in [9.17, 15) is 14.0 Å². The maximum atomic E-state index is 13.8. The summed E-state index contributed by atoms with van der Waals surface area (Å²) in [7, 11) is 3.17. The Bertz CT molecular complexity index is 1480. The van der Waals surface area contributed by atoms with Crippen molar-refractivity contribution in [1.82, 2.24) is 15.2 Å². The predicted octanol–water partition coefficient (Wildman–Crippen LogP) is 4.64. The summed E-state index contributed by atoms with van der Waals surface area (Å²) in [6, 6.07) is 15.8. The number of fused-ring (bicyclic) bond motifs is 2. The molecule has 1 unspecified atom stereocenters.